The Kier molecular flexibility index (Phi) is 5.83. The fraction of sp³-hybridized carbons (Fsp3) is 0.579. The molecule has 2 unspecified atom stereocenters. The number of carboxylic acids is 1. The highest BCUT2D eigenvalue weighted by Crippen LogP contribution is 2.35. The van der Waals surface area contributed by atoms with E-state index in [1.165, 1.54) is 11.0 Å². The molecule has 0 spiro atoms. The highest BCUT2D eigenvalue weighted by atomic mass is 19.4. The number of hydrogen-bond acceptors (Lipinski definition) is 3. The van der Waals surface area contributed by atoms with Crippen LogP contribution in [0.25, 0.3) is 0 Å². The average Bonchev–Trinajstić information content (AvgIpc) is 2.67. The molecule has 0 saturated carbocycles. The largest absolute Gasteiger partial charge is 0.481 e. The average molecular weight is 400 g/mol. The number of piperidine rings is 2. The minimum atomic E-state index is -4.49. The van der Waals surface area contributed by atoms with Crippen molar-refractivity contribution in [2.24, 2.45) is 5.92 Å². The summed E-state index contributed by atoms with van der Waals surface area (Å²) in [6.45, 7) is 0.955. The summed E-state index contributed by atoms with van der Waals surface area (Å²) < 4.78 is 39.1. The molecule has 0 aromatic heterocycles. The Bertz CT molecular complexity index is 732. The molecule has 2 fully saturated rings. The molecule has 1 aromatic rings. The van der Waals surface area contributed by atoms with Gasteiger partial charge in [0.15, 0.2) is 0 Å². The van der Waals surface area contributed by atoms with Gasteiger partial charge in [-0.15, -0.1) is 0 Å². The van der Waals surface area contributed by atoms with Gasteiger partial charge in [-0.25, -0.2) is 4.79 Å². The van der Waals surface area contributed by atoms with Crippen LogP contribution in [0.1, 0.15) is 36.3 Å². The van der Waals surface area contributed by atoms with Gasteiger partial charge >= 0.3 is 18.2 Å². The lowest BCUT2D eigenvalue weighted by atomic mass is 9.84. The van der Waals surface area contributed by atoms with Crippen molar-refractivity contribution >= 4 is 12.0 Å². The fourth-order valence-corrected chi connectivity index (χ4v) is 3.90. The second kappa shape index (κ2) is 7.98. The monoisotopic (exact) mass is 400 g/mol. The smallest absolute Gasteiger partial charge is 0.416 e. The lowest BCUT2D eigenvalue weighted by molar-refractivity contribution is -0.143. The molecule has 2 amide bonds. The minimum Gasteiger partial charge on any atom is -0.481 e. The van der Waals surface area contributed by atoms with Gasteiger partial charge in [0.05, 0.1) is 17.6 Å². The molecule has 9 heteroatoms. The molecule has 28 heavy (non-hydrogen) atoms. The maximum atomic E-state index is 13.0. The summed E-state index contributed by atoms with van der Waals surface area (Å²) in [5, 5.41) is 19.1. The minimum absolute atomic E-state index is 0.0304. The van der Waals surface area contributed by atoms with Crippen molar-refractivity contribution in [1.29, 1.82) is 0 Å². The zero-order chi connectivity index (χ0) is 20.5. The Morgan fingerprint density at radius 1 is 1.07 bits per heavy atom. The first-order valence-corrected chi connectivity index (χ1v) is 9.27. The van der Waals surface area contributed by atoms with Crippen LogP contribution in [0.4, 0.5) is 18.0 Å². The van der Waals surface area contributed by atoms with Gasteiger partial charge < -0.3 is 20.0 Å². The van der Waals surface area contributed by atoms with Gasteiger partial charge in [-0.3, -0.25) is 4.79 Å². The fourth-order valence-electron chi connectivity index (χ4n) is 3.90. The molecule has 3 rings (SSSR count). The first-order chi connectivity index (χ1) is 13.1. The zero-order valence-corrected chi connectivity index (χ0v) is 15.2. The van der Waals surface area contributed by atoms with Crippen molar-refractivity contribution in [3.8, 4) is 0 Å². The lowest BCUT2D eigenvalue weighted by Gasteiger charge is -2.40. The highest BCUT2D eigenvalue weighted by molar-refractivity contribution is 5.77. The summed E-state index contributed by atoms with van der Waals surface area (Å²) in [6, 6.07) is 4.54. The van der Waals surface area contributed by atoms with Crippen LogP contribution in [0, 0.1) is 5.92 Å². The van der Waals surface area contributed by atoms with Crippen LogP contribution >= 0.6 is 0 Å². The number of benzene rings is 1. The number of alkyl halides is 3. The normalized spacial score (nSPS) is 24.3. The van der Waals surface area contributed by atoms with Crippen molar-refractivity contribution in [2.45, 2.75) is 37.5 Å². The van der Waals surface area contributed by atoms with E-state index >= 15 is 0 Å². The highest BCUT2D eigenvalue weighted by Gasteiger charge is 2.38. The Hall–Kier alpha value is -2.29. The molecule has 0 bridgehead atoms. The maximum Gasteiger partial charge on any atom is 0.416 e. The number of aliphatic hydroxyl groups is 1. The Morgan fingerprint density at radius 3 is 2.36 bits per heavy atom. The van der Waals surface area contributed by atoms with E-state index in [2.05, 4.69) is 0 Å². The lowest BCUT2D eigenvalue weighted by Crippen LogP contribution is -2.52. The van der Waals surface area contributed by atoms with E-state index in [0.717, 1.165) is 12.1 Å². The van der Waals surface area contributed by atoms with Gasteiger partial charge in [0.1, 0.15) is 0 Å². The molecule has 2 aliphatic rings. The van der Waals surface area contributed by atoms with Crippen LogP contribution in [0.15, 0.2) is 24.3 Å². The SMILES string of the molecule is O=C(O)C1CC(c2cccc(C(F)(F)F)c2)CN(C(=O)N2CCC(O)CC2)C1. The van der Waals surface area contributed by atoms with Gasteiger partial charge in [0.25, 0.3) is 0 Å². The zero-order valence-electron chi connectivity index (χ0n) is 15.2. The van der Waals surface area contributed by atoms with Crippen molar-refractivity contribution in [2.75, 3.05) is 26.2 Å². The third-order valence-corrected chi connectivity index (χ3v) is 5.49. The third kappa shape index (κ3) is 4.57. The molecule has 1 aromatic carbocycles. The van der Waals surface area contributed by atoms with E-state index in [1.807, 2.05) is 0 Å². The predicted octanol–water partition coefficient (Wildman–Crippen LogP) is 2.77. The molecule has 2 aliphatic heterocycles. The van der Waals surface area contributed by atoms with Gasteiger partial charge in [-0.05, 0) is 30.9 Å². The number of amides is 2. The first kappa shape index (κ1) is 20.4. The van der Waals surface area contributed by atoms with E-state index in [-0.39, 0.29) is 25.5 Å². The summed E-state index contributed by atoms with van der Waals surface area (Å²) in [6.07, 6.45) is -3.84. The predicted molar refractivity (Wildman–Crippen MR) is 93.7 cm³/mol. The molecule has 2 saturated heterocycles. The number of carbonyl (C=O) groups is 2. The van der Waals surface area contributed by atoms with E-state index in [1.54, 1.807) is 11.0 Å². The van der Waals surface area contributed by atoms with E-state index in [0.29, 0.717) is 31.5 Å². The molecule has 0 radical (unpaired) electrons. The molecule has 154 valence electrons. The number of halogens is 3. The number of urea groups is 1. The Labute approximate surface area is 160 Å². The number of nitrogens with zero attached hydrogens (tertiary/aromatic N) is 2. The van der Waals surface area contributed by atoms with Crippen LogP contribution in [-0.4, -0.2) is 64.3 Å². The molecular weight excluding hydrogens is 377 g/mol. The Balaban J connectivity index is 1.80. The number of rotatable bonds is 2. The molecule has 2 atom stereocenters. The number of hydrogen-bond donors (Lipinski definition) is 2. The topological polar surface area (TPSA) is 81.1 Å². The second-order valence-electron chi connectivity index (χ2n) is 7.50. The summed E-state index contributed by atoms with van der Waals surface area (Å²) in [5.74, 6) is -2.40. The van der Waals surface area contributed by atoms with Gasteiger partial charge in [-0.1, -0.05) is 18.2 Å². The molecule has 6 nitrogen and oxygen atoms in total. The van der Waals surface area contributed by atoms with Crippen LogP contribution in [-0.2, 0) is 11.0 Å². The van der Waals surface area contributed by atoms with E-state index in [9.17, 15) is 33.0 Å². The van der Waals surface area contributed by atoms with Crippen molar-refractivity contribution < 1.29 is 33.0 Å². The summed E-state index contributed by atoms with van der Waals surface area (Å²) in [4.78, 5) is 27.4. The van der Waals surface area contributed by atoms with Gasteiger partial charge in [0.2, 0.25) is 0 Å². The van der Waals surface area contributed by atoms with Crippen molar-refractivity contribution in [3.63, 3.8) is 0 Å². The molecular formula is C19H23F3N2O4. The number of carboxylic acid groups (broad SMARTS) is 1. The Morgan fingerprint density at radius 2 is 1.75 bits per heavy atom. The van der Waals surface area contributed by atoms with Crippen LogP contribution < -0.4 is 0 Å². The van der Waals surface area contributed by atoms with Gasteiger partial charge in [0, 0.05) is 32.1 Å². The number of aliphatic hydroxyl groups excluding tert-OH is 1. The van der Waals surface area contributed by atoms with E-state index < -0.39 is 35.6 Å². The number of likely N-dealkylation sites (tertiary alicyclic amines) is 2. The number of carbonyl (C=O) groups excluding carboxylic acids is 1. The van der Waals surface area contributed by atoms with Crippen molar-refractivity contribution in [3.05, 3.63) is 35.4 Å². The van der Waals surface area contributed by atoms with Crippen LogP contribution in [0.5, 0.6) is 0 Å². The number of aliphatic carboxylic acids is 1. The molecule has 0 aliphatic carbocycles. The quantitative estimate of drug-likeness (QED) is 0.800. The molecule has 2 heterocycles. The first-order valence-electron chi connectivity index (χ1n) is 9.27. The van der Waals surface area contributed by atoms with Crippen LogP contribution in [0.3, 0.4) is 0 Å². The van der Waals surface area contributed by atoms with E-state index in [4.69, 9.17) is 0 Å². The molecule has 2 N–H and O–H groups in total. The van der Waals surface area contributed by atoms with Crippen molar-refractivity contribution in [1.82, 2.24) is 9.80 Å². The van der Waals surface area contributed by atoms with Crippen LogP contribution in [0.2, 0.25) is 0 Å². The summed E-state index contributed by atoms with van der Waals surface area (Å²) in [5.41, 5.74) is -0.405. The standard InChI is InChI=1S/C19H23F3N2O4/c20-19(21,22)15-3-1-2-12(9-15)13-8-14(17(26)27)11-24(10-13)18(28)23-6-4-16(25)5-7-23/h1-3,9,13-14,16,25H,4-8,10-11H2,(H,26,27). The maximum absolute atomic E-state index is 13.0. The third-order valence-electron chi connectivity index (χ3n) is 5.49. The summed E-state index contributed by atoms with van der Waals surface area (Å²) in [7, 11) is 0. The second-order valence-corrected chi connectivity index (χ2v) is 7.50. The summed E-state index contributed by atoms with van der Waals surface area (Å²) >= 11 is 0. The van der Waals surface area contributed by atoms with Gasteiger partial charge in [-0.2, -0.15) is 13.2 Å².